The Hall–Kier alpha value is -2.80. The van der Waals surface area contributed by atoms with Crippen molar-refractivity contribution in [3.63, 3.8) is 0 Å². The summed E-state index contributed by atoms with van der Waals surface area (Å²) >= 11 is 5.81. The molecule has 0 spiro atoms. The van der Waals surface area contributed by atoms with E-state index in [9.17, 15) is 4.79 Å². The Labute approximate surface area is 157 Å². The lowest BCUT2D eigenvalue weighted by atomic mass is 10.2. The summed E-state index contributed by atoms with van der Waals surface area (Å²) in [5.74, 6) is 2.04. The lowest BCUT2D eigenvalue weighted by Crippen LogP contribution is -2.32. The van der Waals surface area contributed by atoms with Crippen LogP contribution in [0.1, 0.15) is 0 Å². The predicted molar refractivity (Wildman–Crippen MR) is 100 cm³/mol. The van der Waals surface area contributed by atoms with Gasteiger partial charge in [0.2, 0.25) is 5.75 Å². The molecule has 0 radical (unpaired) electrons. The van der Waals surface area contributed by atoms with Crippen LogP contribution in [-0.2, 0) is 0 Å². The normalized spacial score (nSPS) is 10.0. The summed E-state index contributed by atoms with van der Waals surface area (Å²) in [5.41, 5.74) is 0.510. The Morgan fingerprint density at radius 3 is 2.15 bits per heavy atom. The zero-order valence-corrected chi connectivity index (χ0v) is 15.6. The number of urea groups is 1. The van der Waals surface area contributed by atoms with Crippen LogP contribution in [-0.4, -0.2) is 40.5 Å². The SMILES string of the molecule is COc1cc(NC(=O)NCCOc2ccc(Cl)cc2)cc(OC)c1OC. The topological polar surface area (TPSA) is 78.1 Å². The molecule has 2 N–H and O–H groups in total. The second kappa shape index (κ2) is 9.62. The summed E-state index contributed by atoms with van der Waals surface area (Å²) < 4.78 is 21.3. The number of methoxy groups -OCH3 is 3. The molecule has 26 heavy (non-hydrogen) atoms. The highest BCUT2D eigenvalue weighted by atomic mass is 35.5. The first-order valence-electron chi connectivity index (χ1n) is 7.80. The molecule has 0 saturated heterocycles. The molecule has 8 heteroatoms. The van der Waals surface area contributed by atoms with Crippen LogP contribution >= 0.6 is 11.6 Å². The molecule has 0 aliphatic heterocycles. The fourth-order valence-electron chi connectivity index (χ4n) is 2.19. The van der Waals surface area contributed by atoms with Crippen molar-refractivity contribution in [3.05, 3.63) is 41.4 Å². The smallest absolute Gasteiger partial charge is 0.319 e. The highest BCUT2D eigenvalue weighted by molar-refractivity contribution is 6.30. The maximum atomic E-state index is 12.0. The maximum Gasteiger partial charge on any atom is 0.319 e. The average molecular weight is 381 g/mol. The summed E-state index contributed by atoms with van der Waals surface area (Å²) in [4.78, 5) is 12.0. The van der Waals surface area contributed by atoms with Crippen LogP contribution in [0.2, 0.25) is 5.02 Å². The van der Waals surface area contributed by atoms with Crippen LogP contribution in [0.5, 0.6) is 23.0 Å². The fraction of sp³-hybridized carbons (Fsp3) is 0.278. The number of rotatable bonds is 8. The van der Waals surface area contributed by atoms with Crippen molar-refractivity contribution in [2.75, 3.05) is 39.8 Å². The molecule has 7 nitrogen and oxygen atoms in total. The van der Waals surface area contributed by atoms with Gasteiger partial charge in [-0.1, -0.05) is 11.6 Å². The minimum Gasteiger partial charge on any atom is -0.493 e. The fourth-order valence-corrected chi connectivity index (χ4v) is 2.32. The standard InChI is InChI=1S/C18H21ClN2O5/c1-23-15-10-13(11-16(24-2)17(15)25-3)21-18(22)20-8-9-26-14-6-4-12(19)5-7-14/h4-7,10-11H,8-9H2,1-3H3,(H2,20,21,22). The molecule has 2 aromatic rings. The number of anilines is 1. The molecule has 0 fully saturated rings. The molecule has 0 unspecified atom stereocenters. The van der Waals surface area contributed by atoms with Crippen molar-refractivity contribution in [1.82, 2.24) is 5.32 Å². The van der Waals surface area contributed by atoms with Gasteiger partial charge in [-0.25, -0.2) is 4.79 Å². The van der Waals surface area contributed by atoms with Gasteiger partial charge in [-0.15, -0.1) is 0 Å². The van der Waals surface area contributed by atoms with E-state index in [4.69, 9.17) is 30.5 Å². The van der Waals surface area contributed by atoms with Crippen LogP contribution in [0.4, 0.5) is 10.5 Å². The maximum absolute atomic E-state index is 12.0. The first-order valence-corrected chi connectivity index (χ1v) is 8.18. The average Bonchev–Trinajstić information content (AvgIpc) is 2.65. The monoisotopic (exact) mass is 380 g/mol. The lowest BCUT2D eigenvalue weighted by Gasteiger charge is -2.15. The largest absolute Gasteiger partial charge is 0.493 e. The van der Waals surface area contributed by atoms with Crippen molar-refractivity contribution in [2.24, 2.45) is 0 Å². The van der Waals surface area contributed by atoms with Gasteiger partial charge in [-0.2, -0.15) is 0 Å². The molecule has 2 amide bonds. The number of hydrogen-bond donors (Lipinski definition) is 2. The summed E-state index contributed by atoms with van der Waals surface area (Å²) in [7, 11) is 4.53. The van der Waals surface area contributed by atoms with Gasteiger partial charge < -0.3 is 29.6 Å². The number of nitrogens with one attached hydrogen (secondary N) is 2. The van der Waals surface area contributed by atoms with Crippen LogP contribution < -0.4 is 29.6 Å². The minimum atomic E-state index is -0.376. The van der Waals surface area contributed by atoms with Gasteiger partial charge in [-0.05, 0) is 24.3 Å². The van der Waals surface area contributed by atoms with E-state index in [1.165, 1.54) is 21.3 Å². The van der Waals surface area contributed by atoms with Crippen molar-refractivity contribution in [3.8, 4) is 23.0 Å². The third-order valence-electron chi connectivity index (χ3n) is 3.39. The van der Waals surface area contributed by atoms with Gasteiger partial charge in [0.05, 0.1) is 33.6 Å². The second-order valence-electron chi connectivity index (χ2n) is 5.10. The molecule has 0 atom stereocenters. The number of halogens is 1. The number of carbonyl (C=O) groups is 1. The summed E-state index contributed by atoms with van der Waals surface area (Å²) in [6, 6.07) is 9.91. The van der Waals surface area contributed by atoms with E-state index in [1.54, 1.807) is 36.4 Å². The molecule has 2 aromatic carbocycles. The van der Waals surface area contributed by atoms with E-state index in [0.717, 1.165) is 0 Å². The first kappa shape index (κ1) is 19.5. The van der Waals surface area contributed by atoms with Gasteiger partial charge in [0, 0.05) is 17.2 Å². The van der Waals surface area contributed by atoms with Crippen molar-refractivity contribution < 1.29 is 23.7 Å². The van der Waals surface area contributed by atoms with Crippen molar-refractivity contribution in [1.29, 1.82) is 0 Å². The lowest BCUT2D eigenvalue weighted by molar-refractivity contribution is 0.247. The van der Waals surface area contributed by atoms with Crippen LogP contribution in [0.3, 0.4) is 0 Å². The zero-order valence-electron chi connectivity index (χ0n) is 14.8. The predicted octanol–water partition coefficient (Wildman–Crippen LogP) is 3.57. The van der Waals surface area contributed by atoms with E-state index in [1.807, 2.05) is 0 Å². The Morgan fingerprint density at radius 2 is 1.62 bits per heavy atom. The molecular weight excluding hydrogens is 360 g/mol. The number of ether oxygens (including phenoxy) is 4. The summed E-state index contributed by atoms with van der Waals surface area (Å²) in [6.07, 6.45) is 0. The number of hydrogen-bond acceptors (Lipinski definition) is 5. The third-order valence-corrected chi connectivity index (χ3v) is 3.64. The molecule has 0 aromatic heterocycles. The number of amides is 2. The van der Waals surface area contributed by atoms with E-state index in [2.05, 4.69) is 10.6 Å². The Bertz CT molecular complexity index is 712. The molecule has 2 rings (SSSR count). The molecule has 140 valence electrons. The van der Waals surface area contributed by atoms with Crippen LogP contribution in [0.15, 0.2) is 36.4 Å². The van der Waals surface area contributed by atoms with Crippen molar-refractivity contribution >= 4 is 23.3 Å². The van der Waals surface area contributed by atoms with Gasteiger partial charge in [-0.3, -0.25) is 0 Å². The molecule has 0 saturated carbocycles. The summed E-state index contributed by atoms with van der Waals surface area (Å²) in [5, 5.41) is 6.05. The van der Waals surface area contributed by atoms with Gasteiger partial charge in [0.25, 0.3) is 0 Å². The quantitative estimate of drug-likeness (QED) is 0.684. The van der Waals surface area contributed by atoms with Crippen LogP contribution in [0.25, 0.3) is 0 Å². The molecule has 0 aliphatic carbocycles. The zero-order chi connectivity index (χ0) is 18.9. The summed E-state index contributed by atoms with van der Waals surface area (Å²) in [6.45, 7) is 0.656. The van der Waals surface area contributed by atoms with Crippen LogP contribution in [0, 0.1) is 0 Å². The molecule has 0 bridgehead atoms. The Balaban J connectivity index is 1.86. The van der Waals surface area contributed by atoms with Gasteiger partial charge >= 0.3 is 6.03 Å². The molecule has 0 aliphatic rings. The van der Waals surface area contributed by atoms with Gasteiger partial charge in [0.1, 0.15) is 12.4 Å². The van der Waals surface area contributed by atoms with E-state index >= 15 is 0 Å². The third kappa shape index (κ3) is 5.35. The number of carbonyl (C=O) groups excluding carboxylic acids is 1. The minimum absolute atomic E-state index is 0.324. The second-order valence-corrected chi connectivity index (χ2v) is 5.53. The van der Waals surface area contributed by atoms with E-state index in [0.29, 0.717) is 46.9 Å². The first-order chi connectivity index (χ1) is 12.6. The number of benzene rings is 2. The highest BCUT2D eigenvalue weighted by Gasteiger charge is 2.14. The van der Waals surface area contributed by atoms with Crippen molar-refractivity contribution in [2.45, 2.75) is 0 Å². The molecule has 0 heterocycles. The van der Waals surface area contributed by atoms with E-state index in [-0.39, 0.29) is 6.03 Å². The Morgan fingerprint density at radius 1 is 1.00 bits per heavy atom. The Kier molecular flexibility index (Phi) is 7.23. The van der Waals surface area contributed by atoms with Gasteiger partial charge in [0.15, 0.2) is 11.5 Å². The highest BCUT2D eigenvalue weighted by Crippen LogP contribution is 2.39. The van der Waals surface area contributed by atoms with E-state index < -0.39 is 0 Å². The molecular formula is C18H21ClN2O5.